The highest BCUT2D eigenvalue weighted by Crippen LogP contribution is 2.26. The molecule has 0 unspecified atom stereocenters. The summed E-state index contributed by atoms with van der Waals surface area (Å²) in [6, 6.07) is 2.22. The van der Waals surface area contributed by atoms with Gasteiger partial charge in [0.15, 0.2) is 0 Å². The van der Waals surface area contributed by atoms with E-state index in [-0.39, 0.29) is 0 Å². The lowest BCUT2D eigenvalue weighted by atomic mass is 10.1. The predicted molar refractivity (Wildman–Crippen MR) is 62.8 cm³/mol. The molecule has 0 aliphatic rings. The molecule has 0 fully saturated rings. The molecule has 2 nitrogen and oxygen atoms in total. The topological polar surface area (TPSA) is 36.7 Å². The quantitative estimate of drug-likeness (QED) is 0.789. The van der Waals surface area contributed by atoms with E-state index >= 15 is 0 Å². The van der Waals surface area contributed by atoms with Gasteiger partial charge in [0.1, 0.15) is 16.0 Å². The Kier molecular flexibility index (Phi) is 4.43. The zero-order chi connectivity index (χ0) is 10.6. The third kappa shape index (κ3) is 2.73. The molecule has 0 N–H and O–H groups in total. The minimum absolute atomic E-state index is 0.348. The van der Waals surface area contributed by atoms with Crippen LogP contribution in [-0.2, 0) is 5.75 Å². The number of thioether (sulfide) groups is 1. The Bertz CT molecular complexity index is 336. The number of nitrogens with zero attached hydrogens (tertiary/aromatic N) is 2. The summed E-state index contributed by atoms with van der Waals surface area (Å²) in [5, 5.41) is 10.0. The van der Waals surface area contributed by atoms with Crippen molar-refractivity contribution in [2.75, 3.05) is 5.75 Å². The van der Waals surface area contributed by atoms with Gasteiger partial charge < -0.3 is 0 Å². The van der Waals surface area contributed by atoms with Crippen LogP contribution in [0.5, 0.6) is 0 Å². The van der Waals surface area contributed by atoms with E-state index in [1.54, 1.807) is 0 Å². The third-order valence-corrected chi connectivity index (χ3v) is 3.82. The minimum atomic E-state index is 0.348. The molecule has 14 heavy (non-hydrogen) atoms. The zero-order valence-electron chi connectivity index (χ0n) is 8.70. The fourth-order valence-corrected chi connectivity index (χ4v) is 2.84. The molecule has 0 aliphatic carbocycles. The Morgan fingerprint density at radius 3 is 2.71 bits per heavy atom. The van der Waals surface area contributed by atoms with Gasteiger partial charge in [0.05, 0.1) is 5.69 Å². The van der Waals surface area contributed by atoms with Crippen LogP contribution in [0.2, 0.25) is 0 Å². The van der Waals surface area contributed by atoms with Gasteiger partial charge in [-0.2, -0.15) is 17.0 Å². The molecule has 0 amide bonds. The average Bonchev–Trinajstić information content (AvgIpc) is 2.57. The van der Waals surface area contributed by atoms with Crippen LogP contribution in [0.1, 0.15) is 42.3 Å². The normalized spacial score (nSPS) is 10.5. The Morgan fingerprint density at radius 2 is 2.29 bits per heavy atom. The van der Waals surface area contributed by atoms with Crippen molar-refractivity contribution < 1.29 is 0 Å². The van der Waals surface area contributed by atoms with Crippen LogP contribution in [-0.4, -0.2) is 10.7 Å². The Balaban J connectivity index is 2.85. The number of hydrogen-bond acceptors (Lipinski definition) is 4. The second-order valence-electron chi connectivity index (χ2n) is 3.23. The van der Waals surface area contributed by atoms with Crippen LogP contribution in [0, 0.1) is 11.3 Å². The van der Waals surface area contributed by atoms with Gasteiger partial charge in [0.2, 0.25) is 0 Å². The molecule has 1 rings (SSSR count). The maximum absolute atomic E-state index is 8.92. The molecule has 76 valence electrons. The van der Waals surface area contributed by atoms with E-state index in [4.69, 9.17) is 5.26 Å². The first-order valence-electron chi connectivity index (χ1n) is 4.66. The van der Waals surface area contributed by atoms with E-state index in [1.807, 2.05) is 11.8 Å². The highest BCUT2D eigenvalue weighted by molar-refractivity contribution is 7.98. The molecular formula is C10H14N2S2. The van der Waals surface area contributed by atoms with Crippen LogP contribution in [0.3, 0.4) is 0 Å². The van der Waals surface area contributed by atoms with Crippen molar-refractivity contribution in [3.63, 3.8) is 0 Å². The van der Waals surface area contributed by atoms with Gasteiger partial charge in [-0.15, -0.1) is 11.3 Å². The predicted octanol–water partition coefficient (Wildman–Crippen LogP) is 3.39. The van der Waals surface area contributed by atoms with E-state index in [1.165, 1.54) is 11.3 Å². The minimum Gasteiger partial charge on any atom is -0.244 e. The first kappa shape index (κ1) is 11.5. The Morgan fingerprint density at radius 1 is 1.57 bits per heavy atom. The van der Waals surface area contributed by atoms with Crippen molar-refractivity contribution >= 4 is 23.1 Å². The largest absolute Gasteiger partial charge is 0.244 e. The molecule has 0 saturated heterocycles. The average molecular weight is 226 g/mol. The van der Waals surface area contributed by atoms with Crippen LogP contribution < -0.4 is 0 Å². The maximum atomic E-state index is 8.92. The molecule has 1 aromatic rings. The second kappa shape index (κ2) is 5.38. The SMILES string of the molecule is CCSCc1nc(C(C)C)c(C#N)s1. The Labute approximate surface area is 93.4 Å². The van der Waals surface area contributed by atoms with E-state index in [0.717, 1.165) is 27.1 Å². The molecule has 0 atom stereocenters. The lowest BCUT2D eigenvalue weighted by molar-refractivity contribution is 0.824. The van der Waals surface area contributed by atoms with Crippen molar-refractivity contribution in [2.24, 2.45) is 0 Å². The van der Waals surface area contributed by atoms with Crippen LogP contribution in [0.15, 0.2) is 0 Å². The number of thiazole rings is 1. The number of hydrogen-bond donors (Lipinski definition) is 0. The molecule has 0 aromatic carbocycles. The summed E-state index contributed by atoms with van der Waals surface area (Å²) in [6.45, 7) is 6.28. The molecule has 0 bridgehead atoms. The number of rotatable bonds is 4. The molecule has 0 saturated carbocycles. The van der Waals surface area contributed by atoms with Gasteiger partial charge in [0, 0.05) is 5.75 Å². The van der Waals surface area contributed by atoms with E-state index in [9.17, 15) is 0 Å². The summed E-state index contributed by atoms with van der Waals surface area (Å²) in [6.07, 6.45) is 0. The molecule has 1 heterocycles. The van der Waals surface area contributed by atoms with Crippen molar-refractivity contribution in [1.29, 1.82) is 5.26 Å². The smallest absolute Gasteiger partial charge is 0.128 e. The summed E-state index contributed by atoms with van der Waals surface area (Å²) in [7, 11) is 0. The second-order valence-corrected chi connectivity index (χ2v) is 5.58. The van der Waals surface area contributed by atoms with E-state index in [0.29, 0.717) is 5.92 Å². The number of aromatic nitrogens is 1. The summed E-state index contributed by atoms with van der Waals surface area (Å²) < 4.78 is 0. The van der Waals surface area contributed by atoms with Gasteiger partial charge in [-0.05, 0) is 11.7 Å². The van der Waals surface area contributed by atoms with E-state index < -0.39 is 0 Å². The van der Waals surface area contributed by atoms with Crippen molar-refractivity contribution in [3.8, 4) is 6.07 Å². The molecular weight excluding hydrogens is 212 g/mol. The summed E-state index contributed by atoms with van der Waals surface area (Å²) in [5.74, 6) is 2.38. The molecule has 1 aromatic heterocycles. The highest BCUT2D eigenvalue weighted by atomic mass is 32.2. The van der Waals surface area contributed by atoms with Crippen molar-refractivity contribution in [3.05, 3.63) is 15.6 Å². The molecule has 0 aliphatic heterocycles. The maximum Gasteiger partial charge on any atom is 0.128 e. The lowest BCUT2D eigenvalue weighted by Gasteiger charge is -1.98. The van der Waals surface area contributed by atoms with Crippen molar-refractivity contribution in [1.82, 2.24) is 4.98 Å². The van der Waals surface area contributed by atoms with Crippen molar-refractivity contribution in [2.45, 2.75) is 32.4 Å². The summed E-state index contributed by atoms with van der Waals surface area (Å²) >= 11 is 3.38. The fourth-order valence-electron chi connectivity index (χ4n) is 1.10. The van der Waals surface area contributed by atoms with Gasteiger partial charge >= 0.3 is 0 Å². The fraction of sp³-hybridized carbons (Fsp3) is 0.600. The monoisotopic (exact) mass is 226 g/mol. The van der Waals surface area contributed by atoms with Gasteiger partial charge in [0.25, 0.3) is 0 Å². The van der Waals surface area contributed by atoms with Gasteiger partial charge in [-0.1, -0.05) is 20.8 Å². The first-order valence-corrected chi connectivity index (χ1v) is 6.63. The number of nitriles is 1. The van der Waals surface area contributed by atoms with Gasteiger partial charge in [-0.25, -0.2) is 4.98 Å². The summed E-state index contributed by atoms with van der Waals surface area (Å²) in [4.78, 5) is 5.28. The van der Waals surface area contributed by atoms with Crippen LogP contribution in [0.4, 0.5) is 0 Å². The van der Waals surface area contributed by atoms with E-state index in [2.05, 4.69) is 31.8 Å². The molecule has 4 heteroatoms. The Hall–Kier alpha value is -0.530. The molecule has 0 radical (unpaired) electrons. The zero-order valence-corrected chi connectivity index (χ0v) is 10.3. The molecule has 0 spiro atoms. The third-order valence-electron chi connectivity index (χ3n) is 1.78. The standard InChI is InChI=1S/C10H14N2S2/c1-4-13-6-9-12-10(7(2)3)8(5-11)14-9/h7H,4,6H2,1-3H3. The van der Waals surface area contributed by atoms with Crippen LogP contribution >= 0.6 is 23.1 Å². The highest BCUT2D eigenvalue weighted by Gasteiger charge is 2.13. The lowest BCUT2D eigenvalue weighted by Crippen LogP contribution is -1.90. The summed E-state index contributed by atoms with van der Waals surface area (Å²) in [5.41, 5.74) is 0.962. The first-order chi connectivity index (χ1) is 6.69. The van der Waals surface area contributed by atoms with Crippen LogP contribution in [0.25, 0.3) is 0 Å². The van der Waals surface area contributed by atoms with Gasteiger partial charge in [-0.3, -0.25) is 0 Å².